The van der Waals surface area contributed by atoms with E-state index in [1.54, 1.807) is 6.07 Å². The van der Waals surface area contributed by atoms with Gasteiger partial charge in [-0.3, -0.25) is 4.68 Å². The lowest BCUT2D eigenvalue weighted by Crippen LogP contribution is -2.13. The van der Waals surface area contributed by atoms with E-state index in [2.05, 4.69) is 5.10 Å². The van der Waals surface area contributed by atoms with Crippen molar-refractivity contribution >= 4 is 5.69 Å². The van der Waals surface area contributed by atoms with E-state index in [0.29, 0.717) is 18.4 Å². The first-order valence-corrected chi connectivity index (χ1v) is 7.44. The molecule has 0 radical (unpaired) electrons. The highest BCUT2D eigenvalue weighted by Gasteiger charge is 2.16. The van der Waals surface area contributed by atoms with Crippen molar-refractivity contribution in [2.75, 3.05) is 5.73 Å². The third-order valence-corrected chi connectivity index (χ3v) is 3.97. The van der Waals surface area contributed by atoms with E-state index in [1.165, 1.54) is 44.2 Å². The van der Waals surface area contributed by atoms with Crippen LogP contribution in [0.3, 0.4) is 0 Å². The van der Waals surface area contributed by atoms with E-state index in [4.69, 9.17) is 10.5 Å². The molecular formula is C16H20FN3O. The maximum absolute atomic E-state index is 13.3. The van der Waals surface area contributed by atoms with Gasteiger partial charge in [-0.1, -0.05) is 19.3 Å². The second kappa shape index (κ2) is 6.16. The molecule has 4 nitrogen and oxygen atoms in total. The van der Waals surface area contributed by atoms with Gasteiger partial charge < -0.3 is 10.5 Å². The van der Waals surface area contributed by atoms with Gasteiger partial charge in [-0.05, 0) is 31.0 Å². The van der Waals surface area contributed by atoms with Crippen LogP contribution in [0, 0.1) is 5.82 Å². The first-order chi connectivity index (χ1) is 10.2. The summed E-state index contributed by atoms with van der Waals surface area (Å²) in [5, 5.41) is 4.56. The maximum Gasteiger partial charge on any atom is 0.149 e. The summed E-state index contributed by atoms with van der Waals surface area (Å²) in [6, 6.07) is 6.94. The smallest absolute Gasteiger partial charge is 0.149 e. The summed E-state index contributed by atoms with van der Waals surface area (Å²) in [5.74, 6) is 0.00847. The number of benzene rings is 1. The lowest BCUT2D eigenvalue weighted by molar-refractivity contribution is 0.290. The Morgan fingerprint density at radius 2 is 2.05 bits per heavy atom. The van der Waals surface area contributed by atoms with E-state index in [9.17, 15) is 4.39 Å². The van der Waals surface area contributed by atoms with Crippen LogP contribution >= 0.6 is 0 Å². The Bertz CT molecular complexity index is 605. The van der Waals surface area contributed by atoms with Crippen LogP contribution in [0.2, 0.25) is 0 Å². The van der Waals surface area contributed by atoms with E-state index >= 15 is 0 Å². The van der Waals surface area contributed by atoms with Crippen molar-refractivity contribution in [1.29, 1.82) is 0 Å². The molecule has 0 saturated heterocycles. The van der Waals surface area contributed by atoms with Gasteiger partial charge in [0.1, 0.15) is 18.2 Å². The number of anilines is 1. The molecule has 0 bridgehead atoms. The highest BCUT2D eigenvalue weighted by Crippen LogP contribution is 2.27. The molecule has 1 fully saturated rings. The third-order valence-electron chi connectivity index (χ3n) is 3.97. The number of aromatic nitrogens is 2. The second-order valence-electron chi connectivity index (χ2n) is 5.55. The van der Waals surface area contributed by atoms with Crippen LogP contribution < -0.4 is 10.5 Å². The number of hydrogen-bond donors (Lipinski definition) is 1. The molecule has 112 valence electrons. The Kier molecular flexibility index (Phi) is 4.08. The number of hydrogen-bond acceptors (Lipinski definition) is 3. The van der Waals surface area contributed by atoms with Crippen molar-refractivity contribution in [2.24, 2.45) is 0 Å². The molecule has 0 aliphatic heterocycles. The molecule has 1 aliphatic carbocycles. The van der Waals surface area contributed by atoms with Crippen LogP contribution in [0.1, 0.15) is 43.8 Å². The van der Waals surface area contributed by atoms with Crippen molar-refractivity contribution in [1.82, 2.24) is 9.78 Å². The Morgan fingerprint density at radius 1 is 1.24 bits per heavy atom. The topological polar surface area (TPSA) is 53.1 Å². The SMILES string of the molecule is Nc1ccc(OCc2ccn(C3CCCCC3)n2)cc1F. The van der Waals surface area contributed by atoms with Gasteiger partial charge in [-0.15, -0.1) is 0 Å². The molecule has 3 rings (SSSR count). The maximum atomic E-state index is 13.3. The molecule has 2 aromatic rings. The molecule has 1 aliphatic rings. The quantitative estimate of drug-likeness (QED) is 0.873. The molecule has 5 heteroatoms. The van der Waals surface area contributed by atoms with E-state index in [1.807, 2.05) is 16.9 Å². The van der Waals surface area contributed by atoms with Crippen LogP contribution in [0.5, 0.6) is 5.75 Å². The summed E-state index contributed by atoms with van der Waals surface area (Å²) < 4.78 is 20.9. The first kappa shape index (κ1) is 13.9. The van der Waals surface area contributed by atoms with Gasteiger partial charge in [0.25, 0.3) is 0 Å². The normalized spacial score (nSPS) is 16.0. The predicted octanol–water partition coefficient (Wildman–Crippen LogP) is 3.69. The number of ether oxygens (including phenoxy) is 1. The average Bonchev–Trinajstić information content (AvgIpc) is 2.98. The second-order valence-corrected chi connectivity index (χ2v) is 5.55. The van der Waals surface area contributed by atoms with Gasteiger partial charge in [-0.25, -0.2) is 4.39 Å². The minimum absolute atomic E-state index is 0.129. The van der Waals surface area contributed by atoms with Gasteiger partial charge in [0.05, 0.1) is 17.4 Å². The number of rotatable bonds is 4. The molecule has 2 N–H and O–H groups in total. The summed E-state index contributed by atoms with van der Waals surface area (Å²) in [5.41, 5.74) is 6.42. The van der Waals surface area contributed by atoms with Crippen LogP contribution in [0.4, 0.5) is 10.1 Å². The highest BCUT2D eigenvalue weighted by molar-refractivity contribution is 5.43. The van der Waals surface area contributed by atoms with E-state index in [0.717, 1.165) is 5.69 Å². The molecule has 0 unspecified atom stereocenters. The predicted molar refractivity (Wildman–Crippen MR) is 79.5 cm³/mol. The number of halogens is 1. The molecule has 0 spiro atoms. The van der Waals surface area contributed by atoms with Crippen molar-refractivity contribution in [3.8, 4) is 5.75 Å². The zero-order chi connectivity index (χ0) is 14.7. The fourth-order valence-corrected chi connectivity index (χ4v) is 2.76. The Labute approximate surface area is 123 Å². The summed E-state index contributed by atoms with van der Waals surface area (Å²) in [6.45, 7) is 0.336. The van der Waals surface area contributed by atoms with Crippen molar-refractivity contribution in [3.63, 3.8) is 0 Å². The van der Waals surface area contributed by atoms with Crippen LogP contribution in [0.25, 0.3) is 0 Å². The fraction of sp³-hybridized carbons (Fsp3) is 0.438. The number of nitrogens with two attached hydrogens (primary N) is 1. The summed E-state index contributed by atoms with van der Waals surface area (Å²) >= 11 is 0. The van der Waals surface area contributed by atoms with Crippen molar-refractivity contribution in [3.05, 3.63) is 42.0 Å². The van der Waals surface area contributed by atoms with E-state index < -0.39 is 5.82 Å². The standard InChI is InChI=1S/C16H20FN3O/c17-15-10-14(6-7-16(15)18)21-11-12-8-9-20(19-12)13-4-2-1-3-5-13/h6-10,13H,1-5,11,18H2. The first-order valence-electron chi connectivity index (χ1n) is 7.44. The van der Waals surface area contributed by atoms with Gasteiger partial charge in [-0.2, -0.15) is 5.10 Å². The Hall–Kier alpha value is -2.04. The third kappa shape index (κ3) is 3.35. The summed E-state index contributed by atoms with van der Waals surface area (Å²) in [7, 11) is 0. The van der Waals surface area contributed by atoms with Gasteiger partial charge >= 0.3 is 0 Å². The molecule has 0 atom stereocenters. The number of nitrogens with zero attached hydrogens (tertiary/aromatic N) is 2. The van der Waals surface area contributed by atoms with E-state index in [-0.39, 0.29) is 5.69 Å². The van der Waals surface area contributed by atoms with Crippen LogP contribution in [-0.2, 0) is 6.61 Å². The zero-order valence-corrected chi connectivity index (χ0v) is 12.0. The summed E-state index contributed by atoms with van der Waals surface area (Å²) in [6.07, 6.45) is 8.30. The average molecular weight is 289 g/mol. The molecule has 1 aromatic carbocycles. The molecule has 1 heterocycles. The molecule has 1 aromatic heterocycles. The summed E-state index contributed by atoms with van der Waals surface area (Å²) in [4.78, 5) is 0. The lowest BCUT2D eigenvalue weighted by Gasteiger charge is -2.21. The molecule has 21 heavy (non-hydrogen) atoms. The van der Waals surface area contributed by atoms with Gasteiger partial charge in [0.2, 0.25) is 0 Å². The highest BCUT2D eigenvalue weighted by atomic mass is 19.1. The largest absolute Gasteiger partial charge is 0.487 e. The Morgan fingerprint density at radius 3 is 2.81 bits per heavy atom. The zero-order valence-electron chi connectivity index (χ0n) is 12.0. The van der Waals surface area contributed by atoms with Crippen LogP contribution in [-0.4, -0.2) is 9.78 Å². The molecule has 0 amide bonds. The van der Waals surface area contributed by atoms with Crippen LogP contribution in [0.15, 0.2) is 30.5 Å². The van der Waals surface area contributed by atoms with Gasteiger partial charge in [0.15, 0.2) is 0 Å². The van der Waals surface area contributed by atoms with Gasteiger partial charge in [0, 0.05) is 12.3 Å². The number of nitrogen functional groups attached to an aromatic ring is 1. The monoisotopic (exact) mass is 289 g/mol. The van der Waals surface area contributed by atoms with Crippen molar-refractivity contribution < 1.29 is 9.13 Å². The molecule has 1 saturated carbocycles. The van der Waals surface area contributed by atoms with Crippen molar-refractivity contribution in [2.45, 2.75) is 44.8 Å². The fourth-order valence-electron chi connectivity index (χ4n) is 2.76. The Balaban J connectivity index is 1.60. The lowest BCUT2D eigenvalue weighted by atomic mass is 9.96. The molecular weight excluding hydrogens is 269 g/mol. The minimum Gasteiger partial charge on any atom is -0.487 e. The minimum atomic E-state index is -0.458.